The van der Waals surface area contributed by atoms with Gasteiger partial charge in [-0.15, -0.1) is 0 Å². The Morgan fingerprint density at radius 2 is 2.00 bits per heavy atom. The van der Waals surface area contributed by atoms with Crippen molar-refractivity contribution in [2.75, 3.05) is 7.05 Å². The highest BCUT2D eigenvalue weighted by molar-refractivity contribution is 5.37. The molecule has 2 aliphatic rings. The average molecular weight is 280 g/mol. The number of piperidine rings is 1. The van der Waals surface area contributed by atoms with Crippen LogP contribution in [0.15, 0.2) is 18.2 Å². The first-order chi connectivity index (χ1) is 9.54. The molecule has 1 aromatic rings. The minimum atomic E-state index is -0.662. The van der Waals surface area contributed by atoms with Crippen molar-refractivity contribution in [2.24, 2.45) is 0 Å². The second-order valence-corrected chi connectivity index (χ2v) is 5.63. The minimum Gasteiger partial charge on any atom is -0.487 e. The molecule has 1 unspecified atom stereocenters. The molecule has 0 aromatic heterocycles. The normalized spacial score (nSPS) is 29.4. The van der Waals surface area contributed by atoms with Crippen LogP contribution in [0.25, 0.3) is 0 Å². The van der Waals surface area contributed by atoms with Crippen molar-refractivity contribution in [3.8, 4) is 5.75 Å². The molecule has 2 fully saturated rings. The Labute approximate surface area is 116 Å². The highest BCUT2D eigenvalue weighted by Crippen LogP contribution is 2.36. The van der Waals surface area contributed by atoms with E-state index in [2.05, 4.69) is 11.9 Å². The van der Waals surface area contributed by atoms with Crippen LogP contribution in [0.5, 0.6) is 5.75 Å². The number of hydrogen-bond acceptors (Lipinski definition) is 4. The highest BCUT2D eigenvalue weighted by atomic mass is 19.1. The van der Waals surface area contributed by atoms with E-state index in [0.717, 1.165) is 18.9 Å². The first-order valence-electron chi connectivity index (χ1n) is 6.87. The van der Waals surface area contributed by atoms with Crippen LogP contribution < -0.4 is 4.74 Å². The van der Waals surface area contributed by atoms with E-state index in [1.165, 1.54) is 25.0 Å². The van der Waals surface area contributed by atoms with Crippen molar-refractivity contribution in [3.05, 3.63) is 34.1 Å². The molecule has 6 heteroatoms. The number of rotatable bonds is 3. The molecule has 20 heavy (non-hydrogen) atoms. The van der Waals surface area contributed by atoms with E-state index in [4.69, 9.17) is 4.74 Å². The third-order valence-corrected chi connectivity index (χ3v) is 4.47. The second kappa shape index (κ2) is 5.01. The number of non-ortho nitro benzene ring substituents is 1. The molecule has 0 saturated carbocycles. The number of halogens is 1. The summed E-state index contributed by atoms with van der Waals surface area (Å²) in [7, 11) is 2.13. The Balaban J connectivity index is 1.71. The van der Waals surface area contributed by atoms with E-state index in [0.29, 0.717) is 12.1 Å². The van der Waals surface area contributed by atoms with Crippen LogP contribution in [-0.2, 0) is 0 Å². The van der Waals surface area contributed by atoms with Gasteiger partial charge >= 0.3 is 0 Å². The van der Waals surface area contributed by atoms with Crippen molar-refractivity contribution in [1.29, 1.82) is 0 Å². The number of nitro benzene ring substituents is 1. The number of benzene rings is 1. The summed E-state index contributed by atoms with van der Waals surface area (Å²) >= 11 is 0. The molecule has 2 bridgehead atoms. The number of hydrogen-bond donors (Lipinski definition) is 0. The quantitative estimate of drug-likeness (QED) is 0.631. The number of nitrogens with zero attached hydrogens (tertiary/aromatic N) is 2. The van der Waals surface area contributed by atoms with Crippen molar-refractivity contribution >= 4 is 5.69 Å². The molecule has 0 aliphatic carbocycles. The van der Waals surface area contributed by atoms with E-state index in [1.54, 1.807) is 0 Å². The lowest BCUT2D eigenvalue weighted by Gasteiger charge is -2.36. The van der Waals surface area contributed by atoms with Crippen molar-refractivity contribution in [2.45, 2.75) is 43.9 Å². The lowest BCUT2D eigenvalue weighted by atomic mass is 10.0. The first-order valence-corrected chi connectivity index (χ1v) is 6.87. The van der Waals surface area contributed by atoms with Crippen LogP contribution in [0.4, 0.5) is 10.1 Å². The predicted molar refractivity (Wildman–Crippen MR) is 71.3 cm³/mol. The molecule has 0 spiro atoms. The van der Waals surface area contributed by atoms with E-state index in [9.17, 15) is 14.5 Å². The van der Waals surface area contributed by atoms with Gasteiger partial charge in [0.15, 0.2) is 11.6 Å². The van der Waals surface area contributed by atoms with Gasteiger partial charge in [-0.2, -0.15) is 0 Å². The maximum Gasteiger partial charge on any atom is 0.272 e. The van der Waals surface area contributed by atoms with Crippen LogP contribution in [0.2, 0.25) is 0 Å². The van der Waals surface area contributed by atoms with Crippen LogP contribution in [0, 0.1) is 15.9 Å². The van der Waals surface area contributed by atoms with Gasteiger partial charge in [0.2, 0.25) is 0 Å². The Hall–Kier alpha value is -1.69. The van der Waals surface area contributed by atoms with E-state index >= 15 is 0 Å². The van der Waals surface area contributed by atoms with E-state index in [1.807, 2.05) is 0 Å². The number of fused-ring (bicyclic) bond motifs is 2. The van der Waals surface area contributed by atoms with E-state index in [-0.39, 0.29) is 17.5 Å². The van der Waals surface area contributed by atoms with Crippen molar-refractivity contribution < 1.29 is 14.1 Å². The summed E-state index contributed by atoms with van der Waals surface area (Å²) in [5, 5.41) is 10.6. The van der Waals surface area contributed by atoms with Crippen LogP contribution in [-0.4, -0.2) is 35.1 Å². The van der Waals surface area contributed by atoms with Crippen LogP contribution in [0.1, 0.15) is 25.7 Å². The highest BCUT2D eigenvalue weighted by Gasteiger charge is 2.39. The van der Waals surface area contributed by atoms with E-state index < -0.39 is 10.7 Å². The monoisotopic (exact) mass is 280 g/mol. The summed E-state index contributed by atoms with van der Waals surface area (Å²) in [6.07, 6.45) is 4.13. The van der Waals surface area contributed by atoms with Gasteiger partial charge in [0.25, 0.3) is 5.69 Å². The molecule has 3 rings (SSSR count). The lowest BCUT2D eigenvalue weighted by molar-refractivity contribution is -0.385. The molecule has 2 aliphatic heterocycles. The zero-order valence-corrected chi connectivity index (χ0v) is 11.3. The SMILES string of the molecule is CN1[C@@H]2CC[C@H]1CC(Oc1ccc([N+](=O)[O-])cc1F)C2. The molecule has 108 valence electrons. The summed E-state index contributed by atoms with van der Waals surface area (Å²) in [4.78, 5) is 12.3. The number of nitro groups is 1. The average Bonchev–Trinajstić information content (AvgIpc) is 2.64. The Bertz CT molecular complexity index is 523. The summed E-state index contributed by atoms with van der Waals surface area (Å²) in [5.41, 5.74) is -0.252. The molecule has 0 amide bonds. The molecular formula is C14H17FN2O3. The maximum atomic E-state index is 13.8. The predicted octanol–water partition coefficient (Wildman–Crippen LogP) is 2.74. The molecule has 0 N–H and O–H groups in total. The van der Waals surface area contributed by atoms with Crippen LogP contribution in [0.3, 0.4) is 0 Å². The molecular weight excluding hydrogens is 263 g/mol. The summed E-state index contributed by atoms with van der Waals surface area (Å²) < 4.78 is 19.5. The fraction of sp³-hybridized carbons (Fsp3) is 0.571. The molecule has 0 radical (unpaired) electrons. The van der Waals surface area contributed by atoms with Gasteiger partial charge in [0.1, 0.15) is 6.10 Å². The Kier molecular flexibility index (Phi) is 3.33. The maximum absolute atomic E-state index is 13.8. The van der Waals surface area contributed by atoms with Crippen molar-refractivity contribution in [3.63, 3.8) is 0 Å². The fourth-order valence-electron chi connectivity index (χ4n) is 3.34. The molecule has 1 aromatic carbocycles. The fourth-order valence-corrected chi connectivity index (χ4v) is 3.34. The third-order valence-electron chi connectivity index (χ3n) is 4.47. The first kappa shape index (κ1) is 13.3. The number of ether oxygens (including phenoxy) is 1. The summed E-state index contributed by atoms with van der Waals surface area (Å²) in [6, 6.07) is 4.58. The van der Waals surface area contributed by atoms with Gasteiger partial charge in [0.05, 0.1) is 11.0 Å². The largest absolute Gasteiger partial charge is 0.487 e. The van der Waals surface area contributed by atoms with Gasteiger partial charge in [0, 0.05) is 18.2 Å². The molecule has 2 saturated heterocycles. The Morgan fingerprint density at radius 3 is 2.55 bits per heavy atom. The van der Waals surface area contributed by atoms with Gasteiger partial charge in [-0.1, -0.05) is 0 Å². The Morgan fingerprint density at radius 1 is 1.35 bits per heavy atom. The molecule has 3 atom stereocenters. The lowest BCUT2D eigenvalue weighted by Crippen LogP contribution is -2.43. The topological polar surface area (TPSA) is 55.6 Å². The minimum absolute atomic E-state index is 0.000318. The zero-order chi connectivity index (χ0) is 14.3. The standard InChI is InChI=1S/C14H17FN2O3/c1-16-9-2-3-10(16)7-12(6-9)20-14-5-4-11(17(18)19)8-13(14)15/h4-5,8-10,12H,2-3,6-7H2,1H3/t9-,10+,12?. The van der Waals surface area contributed by atoms with Gasteiger partial charge in [-0.25, -0.2) is 4.39 Å². The zero-order valence-electron chi connectivity index (χ0n) is 11.3. The van der Waals surface area contributed by atoms with Crippen LogP contribution >= 0.6 is 0 Å². The molecule has 2 heterocycles. The molecule has 5 nitrogen and oxygen atoms in total. The van der Waals surface area contributed by atoms with Gasteiger partial charge < -0.3 is 9.64 Å². The van der Waals surface area contributed by atoms with Gasteiger partial charge in [-0.05, 0) is 38.8 Å². The summed E-state index contributed by atoms with van der Waals surface area (Å²) in [6.45, 7) is 0. The third kappa shape index (κ3) is 2.35. The van der Waals surface area contributed by atoms with Gasteiger partial charge in [-0.3, -0.25) is 10.1 Å². The smallest absolute Gasteiger partial charge is 0.272 e. The second-order valence-electron chi connectivity index (χ2n) is 5.63. The summed E-state index contributed by atoms with van der Waals surface area (Å²) in [5.74, 6) is -0.546. The van der Waals surface area contributed by atoms with Crippen molar-refractivity contribution in [1.82, 2.24) is 4.90 Å².